The number of rotatable bonds is 3. The third kappa shape index (κ3) is 3.03. The molecule has 0 aliphatic carbocycles. The molecule has 144 valence electrons. The van der Waals surface area contributed by atoms with Crippen molar-refractivity contribution in [3.63, 3.8) is 0 Å². The Morgan fingerprint density at radius 1 is 1.25 bits per heavy atom. The van der Waals surface area contributed by atoms with Crippen LogP contribution in [0.5, 0.6) is 0 Å². The number of amides is 1. The number of aromatic nitrogens is 4. The van der Waals surface area contributed by atoms with Crippen molar-refractivity contribution in [2.75, 3.05) is 6.54 Å². The second-order valence-electron chi connectivity index (χ2n) is 6.93. The van der Waals surface area contributed by atoms with E-state index in [0.717, 1.165) is 27.8 Å². The Bertz CT molecular complexity index is 1070. The Hall–Kier alpha value is -2.87. The van der Waals surface area contributed by atoms with E-state index in [2.05, 4.69) is 20.5 Å². The van der Waals surface area contributed by atoms with E-state index in [1.165, 1.54) is 35.8 Å². The van der Waals surface area contributed by atoms with Crippen molar-refractivity contribution < 1.29 is 9.18 Å². The van der Waals surface area contributed by atoms with Crippen LogP contribution >= 0.6 is 11.5 Å². The number of carbonyl (C=O) groups excluding carboxylic acids is 1. The van der Waals surface area contributed by atoms with Crippen LogP contribution in [0.3, 0.4) is 0 Å². The summed E-state index contributed by atoms with van der Waals surface area (Å²) in [5.74, 6) is 0.995. The highest BCUT2D eigenvalue weighted by Crippen LogP contribution is 2.36. The first-order valence-corrected chi connectivity index (χ1v) is 9.77. The maximum Gasteiger partial charge on any atom is 0.254 e. The van der Waals surface area contributed by atoms with Crippen molar-refractivity contribution >= 4 is 23.0 Å². The van der Waals surface area contributed by atoms with Gasteiger partial charge >= 0.3 is 0 Å². The van der Waals surface area contributed by atoms with Gasteiger partial charge in [0.15, 0.2) is 10.8 Å². The summed E-state index contributed by atoms with van der Waals surface area (Å²) in [6.07, 6.45) is 0. The number of hydrogen-bond donors (Lipinski definition) is 0. The van der Waals surface area contributed by atoms with E-state index in [4.69, 9.17) is 4.98 Å². The summed E-state index contributed by atoms with van der Waals surface area (Å²) in [5.41, 5.74) is 3.03. The third-order valence-electron chi connectivity index (χ3n) is 4.91. The molecule has 3 heterocycles. The van der Waals surface area contributed by atoms with E-state index < -0.39 is 0 Å². The van der Waals surface area contributed by atoms with Crippen molar-refractivity contribution in [3.8, 4) is 10.8 Å². The highest BCUT2D eigenvalue weighted by molar-refractivity contribution is 7.09. The first-order valence-electron chi connectivity index (χ1n) is 9.00. The van der Waals surface area contributed by atoms with Gasteiger partial charge < -0.3 is 9.47 Å². The summed E-state index contributed by atoms with van der Waals surface area (Å²) in [7, 11) is 0. The molecular formula is C20H20FN5OS. The average molecular weight is 397 g/mol. The Labute approximate surface area is 166 Å². The van der Waals surface area contributed by atoms with Gasteiger partial charge in [-0.2, -0.15) is 4.37 Å². The average Bonchev–Trinajstić information content (AvgIpc) is 3.26. The number of halogens is 1. The van der Waals surface area contributed by atoms with Crippen molar-refractivity contribution in [3.05, 3.63) is 59.4 Å². The van der Waals surface area contributed by atoms with E-state index >= 15 is 0 Å². The highest BCUT2D eigenvalue weighted by Gasteiger charge is 2.34. The van der Waals surface area contributed by atoms with Gasteiger partial charge in [0.2, 0.25) is 0 Å². The summed E-state index contributed by atoms with van der Waals surface area (Å²) in [6.45, 7) is 10.9. The van der Waals surface area contributed by atoms with Gasteiger partial charge in [0.25, 0.3) is 5.91 Å². The quantitative estimate of drug-likeness (QED) is 0.668. The van der Waals surface area contributed by atoms with Gasteiger partial charge in [-0.1, -0.05) is 6.58 Å². The number of benzene rings is 1. The van der Waals surface area contributed by atoms with Crippen LogP contribution in [0.1, 0.15) is 47.5 Å². The number of aryl methyl sites for hydroxylation is 1. The molecule has 0 saturated heterocycles. The molecule has 2 aromatic heterocycles. The lowest BCUT2D eigenvalue weighted by molar-refractivity contribution is 0.0644. The van der Waals surface area contributed by atoms with Crippen LogP contribution in [0, 0.1) is 12.7 Å². The molecule has 1 atom stereocenters. The molecule has 3 aromatic rings. The van der Waals surface area contributed by atoms with Gasteiger partial charge in [0.1, 0.15) is 11.6 Å². The topological polar surface area (TPSA) is 63.9 Å². The maximum absolute atomic E-state index is 13.2. The maximum atomic E-state index is 13.2. The Morgan fingerprint density at radius 3 is 2.57 bits per heavy atom. The normalized spacial score (nSPS) is 16.1. The molecule has 0 fully saturated rings. The molecule has 8 heteroatoms. The summed E-state index contributed by atoms with van der Waals surface area (Å²) in [6, 6.07) is 5.45. The lowest BCUT2D eigenvalue weighted by atomic mass is 10.0. The molecule has 0 spiro atoms. The SMILES string of the molecule is C=C(C)c1nc(-c2nc(C)ns2)n2c1[C@@H](C)N(C(=O)c1ccc(F)cc1)CC2. The molecule has 1 aromatic carbocycles. The molecule has 0 unspecified atom stereocenters. The number of hydrogen-bond acceptors (Lipinski definition) is 5. The number of imidazole rings is 1. The van der Waals surface area contributed by atoms with Crippen LogP contribution in [0.15, 0.2) is 30.8 Å². The summed E-state index contributed by atoms with van der Waals surface area (Å²) < 4.78 is 19.6. The molecule has 1 aliphatic rings. The van der Waals surface area contributed by atoms with Gasteiger partial charge in [0.05, 0.1) is 17.4 Å². The first-order chi connectivity index (χ1) is 13.4. The summed E-state index contributed by atoms with van der Waals surface area (Å²) in [4.78, 5) is 24.1. The summed E-state index contributed by atoms with van der Waals surface area (Å²) >= 11 is 1.32. The van der Waals surface area contributed by atoms with E-state index in [-0.39, 0.29) is 17.8 Å². The predicted octanol–water partition coefficient (Wildman–Crippen LogP) is 4.10. The fraction of sp³-hybridized carbons (Fsp3) is 0.300. The standard InChI is InChI=1S/C20H20FN5OS/c1-11(2)16-17-12(3)25(20(27)14-5-7-15(21)8-6-14)9-10-26(17)18(23-16)19-22-13(4)24-28-19/h5-8,12H,1,9-10H2,2-4H3/t12-/m1/s1. The zero-order valence-corrected chi connectivity index (χ0v) is 16.8. The number of allylic oxidation sites excluding steroid dienone is 1. The highest BCUT2D eigenvalue weighted by atomic mass is 32.1. The third-order valence-corrected chi connectivity index (χ3v) is 5.71. The van der Waals surface area contributed by atoms with E-state index in [1.54, 1.807) is 4.90 Å². The van der Waals surface area contributed by atoms with Crippen LogP contribution < -0.4 is 0 Å². The lowest BCUT2D eigenvalue weighted by Crippen LogP contribution is -2.41. The number of fused-ring (bicyclic) bond motifs is 1. The molecule has 0 bridgehead atoms. The van der Waals surface area contributed by atoms with Crippen molar-refractivity contribution in [2.45, 2.75) is 33.4 Å². The molecule has 0 saturated carbocycles. The Morgan fingerprint density at radius 2 is 1.96 bits per heavy atom. The van der Waals surface area contributed by atoms with Crippen molar-refractivity contribution in [2.24, 2.45) is 0 Å². The van der Waals surface area contributed by atoms with Crippen molar-refractivity contribution in [1.29, 1.82) is 0 Å². The van der Waals surface area contributed by atoms with Gasteiger partial charge in [0, 0.05) is 18.7 Å². The van der Waals surface area contributed by atoms with Crippen LogP contribution in [-0.4, -0.2) is 36.3 Å². The minimum atomic E-state index is -0.358. The van der Waals surface area contributed by atoms with Gasteiger partial charge in [-0.3, -0.25) is 4.79 Å². The minimum absolute atomic E-state index is 0.124. The number of carbonyl (C=O) groups is 1. The van der Waals surface area contributed by atoms with Crippen LogP contribution in [-0.2, 0) is 6.54 Å². The van der Waals surface area contributed by atoms with Crippen LogP contribution in [0.4, 0.5) is 4.39 Å². The molecule has 6 nitrogen and oxygen atoms in total. The fourth-order valence-corrected chi connectivity index (χ4v) is 4.23. The molecule has 0 N–H and O–H groups in total. The second-order valence-corrected chi connectivity index (χ2v) is 7.68. The van der Waals surface area contributed by atoms with Gasteiger partial charge in [-0.25, -0.2) is 14.4 Å². The van der Waals surface area contributed by atoms with Gasteiger partial charge in [-0.05, 0) is 62.1 Å². The largest absolute Gasteiger partial charge is 0.329 e. The molecule has 4 rings (SSSR count). The minimum Gasteiger partial charge on any atom is -0.329 e. The van der Waals surface area contributed by atoms with Crippen LogP contribution in [0.2, 0.25) is 0 Å². The number of nitrogens with zero attached hydrogens (tertiary/aromatic N) is 5. The zero-order chi connectivity index (χ0) is 20.0. The Kier molecular flexibility index (Phi) is 4.58. The van der Waals surface area contributed by atoms with Crippen LogP contribution in [0.25, 0.3) is 16.4 Å². The van der Waals surface area contributed by atoms with E-state index in [1.807, 2.05) is 20.8 Å². The molecule has 1 amide bonds. The first kappa shape index (κ1) is 18.5. The monoisotopic (exact) mass is 397 g/mol. The van der Waals surface area contributed by atoms with E-state index in [0.29, 0.717) is 24.5 Å². The van der Waals surface area contributed by atoms with Crippen molar-refractivity contribution in [1.82, 2.24) is 23.8 Å². The van der Waals surface area contributed by atoms with E-state index in [9.17, 15) is 9.18 Å². The molecule has 0 radical (unpaired) electrons. The Balaban J connectivity index is 1.75. The van der Waals surface area contributed by atoms with Gasteiger partial charge in [-0.15, -0.1) is 0 Å². The predicted molar refractivity (Wildman–Crippen MR) is 106 cm³/mol. The summed E-state index contributed by atoms with van der Waals surface area (Å²) in [5, 5.41) is 0.761. The fourth-order valence-electron chi connectivity index (χ4n) is 3.57. The molecule has 28 heavy (non-hydrogen) atoms. The molecule has 1 aliphatic heterocycles. The zero-order valence-electron chi connectivity index (χ0n) is 15.9. The molecular weight excluding hydrogens is 377 g/mol. The smallest absolute Gasteiger partial charge is 0.254 e. The lowest BCUT2D eigenvalue weighted by Gasteiger charge is -2.35. The second kappa shape index (κ2) is 6.94.